The van der Waals surface area contributed by atoms with Crippen molar-refractivity contribution in [2.45, 2.75) is 6.92 Å². The number of nitrogens with one attached hydrogen (secondary N) is 1. The third-order valence-electron chi connectivity index (χ3n) is 1.80. The van der Waals surface area contributed by atoms with E-state index in [1.54, 1.807) is 6.20 Å². The molecule has 0 spiro atoms. The van der Waals surface area contributed by atoms with Crippen LogP contribution in [0.1, 0.15) is 21.5 Å². The van der Waals surface area contributed by atoms with Crippen molar-refractivity contribution in [2.24, 2.45) is 0 Å². The van der Waals surface area contributed by atoms with E-state index in [0.717, 1.165) is 16.6 Å². The lowest BCUT2D eigenvalue weighted by atomic mass is 10.3. The maximum atomic E-state index is 11.9. The van der Waals surface area contributed by atoms with Gasteiger partial charge in [0.05, 0.1) is 16.0 Å². The minimum Gasteiger partial charge on any atom is -0.362 e. The first-order valence-corrected chi connectivity index (χ1v) is 6.28. The number of thiophene rings is 1. The molecule has 0 fully saturated rings. The van der Waals surface area contributed by atoms with Crippen molar-refractivity contribution in [3.63, 3.8) is 0 Å². The van der Waals surface area contributed by atoms with Crippen molar-refractivity contribution >= 4 is 33.6 Å². The lowest BCUT2D eigenvalue weighted by Crippen LogP contribution is -1.94. The summed E-state index contributed by atoms with van der Waals surface area (Å²) in [7, 11) is 0. The zero-order chi connectivity index (χ0) is 10.7. The highest BCUT2D eigenvalue weighted by Crippen LogP contribution is 2.22. The maximum absolute atomic E-state index is 11.9. The highest BCUT2D eigenvalue weighted by molar-refractivity contribution is 7.19. The van der Waals surface area contributed by atoms with E-state index in [0.29, 0.717) is 4.88 Å². The fourth-order valence-electron chi connectivity index (χ4n) is 1.14. The Morgan fingerprint density at radius 2 is 2.40 bits per heavy atom. The molecule has 0 aliphatic carbocycles. The van der Waals surface area contributed by atoms with Crippen LogP contribution in [0.25, 0.3) is 0 Å². The molecule has 2 heterocycles. The average molecular weight is 238 g/mol. The molecule has 0 aromatic carbocycles. The summed E-state index contributed by atoms with van der Waals surface area (Å²) < 4.78 is 0. The molecule has 0 amide bonds. The first-order chi connectivity index (χ1) is 7.31. The molecular weight excluding hydrogens is 228 g/mol. The van der Waals surface area contributed by atoms with Crippen LogP contribution in [-0.4, -0.2) is 17.3 Å². The Kier molecular flexibility index (Phi) is 3.13. The molecule has 0 atom stereocenters. The largest absolute Gasteiger partial charge is 0.362 e. The van der Waals surface area contributed by atoms with Crippen LogP contribution in [0.5, 0.6) is 0 Å². The summed E-state index contributed by atoms with van der Waals surface area (Å²) in [5.74, 6) is 0.0617. The second kappa shape index (κ2) is 4.55. The number of hydrogen-bond donors (Lipinski definition) is 1. The van der Waals surface area contributed by atoms with Crippen molar-refractivity contribution in [3.8, 4) is 0 Å². The van der Waals surface area contributed by atoms with Crippen LogP contribution in [0.4, 0.5) is 5.13 Å². The topological polar surface area (TPSA) is 42.0 Å². The zero-order valence-corrected chi connectivity index (χ0v) is 9.82. The SMILES string of the molecule is CCNc1ncc(C(=O)c2cccs2)s1. The van der Waals surface area contributed by atoms with Gasteiger partial charge in [0.1, 0.15) is 0 Å². The molecule has 0 aliphatic heterocycles. The van der Waals surface area contributed by atoms with Gasteiger partial charge >= 0.3 is 0 Å². The van der Waals surface area contributed by atoms with Crippen LogP contribution in [0.2, 0.25) is 0 Å². The number of carbonyl (C=O) groups is 1. The third-order valence-corrected chi connectivity index (χ3v) is 3.62. The molecule has 1 N–H and O–H groups in total. The lowest BCUT2D eigenvalue weighted by molar-refractivity contribution is 0.104. The molecule has 0 bridgehead atoms. The highest BCUT2D eigenvalue weighted by Gasteiger charge is 2.13. The normalized spacial score (nSPS) is 10.2. The minimum absolute atomic E-state index is 0.0617. The number of carbonyl (C=O) groups excluding carboxylic acids is 1. The van der Waals surface area contributed by atoms with Gasteiger partial charge in [-0.05, 0) is 18.4 Å². The number of ketones is 1. The number of thiazole rings is 1. The molecule has 2 rings (SSSR count). The van der Waals surface area contributed by atoms with Crippen LogP contribution >= 0.6 is 22.7 Å². The van der Waals surface area contributed by atoms with E-state index >= 15 is 0 Å². The molecular formula is C10H10N2OS2. The van der Waals surface area contributed by atoms with Crippen LogP contribution < -0.4 is 5.32 Å². The fraction of sp³-hybridized carbons (Fsp3) is 0.200. The van der Waals surface area contributed by atoms with Crippen molar-refractivity contribution in [1.29, 1.82) is 0 Å². The summed E-state index contributed by atoms with van der Waals surface area (Å²) in [6, 6.07) is 3.71. The summed E-state index contributed by atoms with van der Waals surface area (Å²) in [4.78, 5) is 17.5. The van der Waals surface area contributed by atoms with E-state index in [-0.39, 0.29) is 5.78 Å². The Hall–Kier alpha value is -1.20. The van der Waals surface area contributed by atoms with Crippen LogP contribution in [0.15, 0.2) is 23.7 Å². The Morgan fingerprint density at radius 3 is 3.07 bits per heavy atom. The van der Waals surface area contributed by atoms with E-state index in [1.165, 1.54) is 22.7 Å². The molecule has 0 saturated heterocycles. The van der Waals surface area contributed by atoms with E-state index in [4.69, 9.17) is 0 Å². The zero-order valence-electron chi connectivity index (χ0n) is 8.19. The van der Waals surface area contributed by atoms with Gasteiger partial charge in [0.25, 0.3) is 0 Å². The molecule has 0 aliphatic rings. The first kappa shape index (κ1) is 10.3. The van der Waals surface area contributed by atoms with Crippen molar-refractivity contribution in [3.05, 3.63) is 33.5 Å². The standard InChI is InChI=1S/C10H10N2OS2/c1-2-11-10-12-6-8(15-10)9(13)7-4-3-5-14-7/h3-6H,2H2,1H3,(H,11,12). The number of aromatic nitrogens is 1. The Bertz CT molecular complexity index is 448. The molecule has 0 saturated carbocycles. The smallest absolute Gasteiger partial charge is 0.214 e. The lowest BCUT2D eigenvalue weighted by Gasteiger charge is -1.93. The summed E-state index contributed by atoms with van der Waals surface area (Å²) >= 11 is 2.86. The Morgan fingerprint density at radius 1 is 1.53 bits per heavy atom. The minimum atomic E-state index is 0.0617. The highest BCUT2D eigenvalue weighted by atomic mass is 32.1. The molecule has 2 aromatic rings. The molecule has 2 aromatic heterocycles. The molecule has 3 nitrogen and oxygen atoms in total. The van der Waals surface area contributed by atoms with Crippen LogP contribution in [0.3, 0.4) is 0 Å². The summed E-state index contributed by atoms with van der Waals surface area (Å²) in [6.07, 6.45) is 1.63. The van der Waals surface area contributed by atoms with E-state index < -0.39 is 0 Å². The van der Waals surface area contributed by atoms with Crippen molar-refractivity contribution < 1.29 is 4.79 Å². The quantitative estimate of drug-likeness (QED) is 0.833. The van der Waals surface area contributed by atoms with E-state index in [9.17, 15) is 4.79 Å². The van der Waals surface area contributed by atoms with Crippen molar-refractivity contribution in [2.75, 3.05) is 11.9 Å². The van der Waals surface area contributed by atoms with Crippen LogP contribution in [0, 0.1) is 0 Å². The van der Waals surface area contributed by atoms with Gasteiger partial charge in [-0.1, -0.05) is 17.4 Å². The monoisotopic (exact) mass is 238 g/mol. The molecule has 78 valence electrons. The van der Waals surface area contributed by atoms with Gasteiger partial charge in [-0.25, -0.2) is 4.98 Å². The van der Waals surface area contributed by atoms with Crippen LogP contribution in [-0.2, 0) is 0 Å². The van der Waals surface area contributed by atoms with Gasteiger partial charge in [0.2, 0.25) is 5.78 Å². The first-order valence-electron chi connectivity index (χ1n) is 4.59. The second-order valence-electron chi connectivity index (χ2n) is 2.87. The Labute approximate surface area is 95.8 Å². The molecule has 15 heavy (non-hydrogen) atoms. The van der Waals surface area contributed by atoms with Gasteiger partial charge in [-0.15, -0.1) is 11.3 Å². The number of hydrogen-bond acceptors (Lipinski definition) is 5. The molecule has 5 heteroatoms. The van der Waals surface area contributed by atoms with E-state index in [2.05, 4.69) is 10.3 Å². The maximum Gasteiger partial charge on any atom is 0.214 e. The molecule has 0 radical (unpaired) electrons. The third kappa shape index (κ3) is 2.24. The summed E-state index contributed by atoms with van der Waals surface area (Å²) in [6.45, 7) is 2.82. The Balaban J connectivity index is 2.19. The average Bonchev–Trinajstić information content (AvgIpc) is 2.87. The fourth-order valence-corrected chi connectivity index (χ4v) is 2.72. The predicted molar refractivity (Wildman–Crippen MR) is 64.0 cm³/mol. The van der Waals surface area contributed by atoms with Gasteiger partial charge in [-0.2, -0.15) is 0 Å². The number of nitrogens with zero attached hydrogens (tertiary/aromatic N) is 1. The summed E-state index contributed by atoms with van der Waals surface area (Å²) in [5, 5.41) is 5.79. The number of rotatable bonds is 4. The van der Waals surface area contributed by atoms with Gasteiger partial charge in [-0.3, -0.25) is 4.79 Å². The number of anilines is 1. The van der Waals surface area contributed by atoms with Gasteiger partial charge in [0, 0.05) is 6.54 Å². The second-order valence-corrected chi connectivity index (χ2v) is 4.84. The van der Waals surface area contributed by atoms with E-state index in [1.807, 2.05) is 24.4 Å². The summed E-state index contributed by atoms with van der Waals surface area (Å²) in [5.41, 5.74) is 0. The van der Waals surface area contributed by atoms with Gasteiger partial charge < -0.3 is 5.32 Å². The van der Waals surface area contributed by atoms with Gasteiger partial charge in [0.15, 0.2) is 5.13 Å². The van der Waals surface area contributed by atoms with Crippen molar-refractivity contribution in [1.82, 2.24) is 4.98 Å². The molecule has 0 unspecified atom stereocenters. The predicted octanol–water partition coefficient (Wildman–Crippen LogP) is 2.87.